The molecule has 0 aromatic rings. The van der Waals surface area contributed by atoms with Crippen molar-refractivity contribution in [2.75, 3.05) is 6.54 Å². The summed E-state index contributed by atoms with van der Waals surface area (Å²) >= 11 is 0. The maximum Gasteiger partial charge on any atom is 0.410 e. The van der Waals surface area contributed by atoms with Gasteiger partial charge < -0.3 is 24.8 Å². The molecule has 0 bridgehead atoms. The summed E-state index contributed by atoms with van der Waals surface area (Å²) in [5.74, 6) is -1.07. The van der Waals surface area contributed by atoms with E-state index in [1.807, 2.05) is 0 Å². The number of rotatable bonds is 4. The zero-order valence-corrected chi connectivity index (χ0v) is 16.8. The summed E-state index contributed by atoms with van der Waals surface area (Å²) in [5, 5.41) is 12.0. The maximum absolute atomic E-state index is 12.5. The number of nitrogens with zero attached hydrogens (tertiary/aromatic N) is 1. The molecule has 8 nitrogen and oxygen atoms in total. The highest BCUT2D eigenvalue weighted by Crippen LogP contribution is 2.31. The first-order valence-corrected chi connectivity index (χ1v) is 8.85. The summed E-state index contributed by atoms with van der Waals surface area (Å²) in [7, 11) is 0. The molecular weight excluding hydrogens is 340 g/mol. The lowest BCUT2D eigenvalue weighted by molar-refractivity contribution is -0.139. The Balaban J connectivity index is 3.03. The van der Waals surface area contributed by atoms with Crippen LogP contribution in [0.5, 0.6) is 0 Å². The largest absolute Gasteiger partial charge is 0.481 e. The molecule has 1 saturated heterocycles. The number of hydrogen-bond donors (Lipinski definition) is 2. The number of nitrogens with one attached hydrogen (secondary N) is 1. The third-order valence-electron chi connectivity index (χ3n) is 3.92. The Morgan fingerprint density at radius 3 is 2.04 bits per heavy atom. The molecule has 0 radical (unpaired) electrons. The molecule has 2 unspecified atom stereocenters. The summed E-state index contributed by atoms with van der Waals surface area (Å²) in [5.41, 5.74) is -2.55. The van der Waals surface area contributed by atoms with Crippen LogP contribution in [-0.2, 0) is 14.3 Å². The first kappa shape index (κ1) is 22.1. The Hall–Kier alpha value is -1.99. The number of likely N-dealkylation sites (tertiary alicyclic amines) is 1. The van der Waals surface area contributed by atoms with E-state index in [1.165, 1.54) is 4.90 Å². The first-order chi connectivity index (χ1) is 11.6. The van der Waals surface area contributed by atoms with Crippen LogP contribution in [0.4, 0.5) is 9.59 Å². The second-order valence-corrected chi connectivity index (χ2v) is 8.95. The molecule has 2 N–H and O–H groups in total. The van der Waals surface area contributed by atoms with Crippen molar-refractivity contribution < 1.29 is 29.0 Å². The molecule has 1 rings (SSSR count). The average molecular weight is 372 g/mol. The summed E-state index contributed by atoms with van der Waals surface area (Å²) in [6.07, 6.45) is -0.288. The van der Waals surface area contributed by atoms with E-state index in [-0.39, 0.29) is 6.42 Å². The molecule has 0 spiro atoms. The lowest BCUT2D eigenvalue weighted by Gasteiger charge is -2.40. The van der Waals surface area contributed by atoms with E-state index in [9.17, 15) is 19.5 Å². The fraction of sp³-hybridized carbons (Fsp3) is 0.833. The number of hydrogen-bond acceptors (Lipinski definition) is 5. The summed E-state index contributed by atoms with van der Waals surface area (Å²) in [4.78, 5) is 37.7. The van der Waals surface area contributed by atoms with Crippen molar-refractivity contribution in [3.63, 3.8) is 0 Å². The monoisotopic (exact) mass is 372 g/mol. The van der Waals surface area contributed by atoms with Crippen LogP contribution in [0.25, 0.3) is 0 Å². The molecule has 0 aromatic heterocycles. The number of carboxylic acid groups (broad SMARTS) is 1. The van der Waals surface area contributed by atoms with Gasteiger partial charge in [-0.1, -0.05) is 0 Å². The highest BCUT2D eigenvalue weighted by atomic mass is 16.6. The van der Waals surface area contributed by atoms with E-state index in [0.717, 1.165) is 0 Å². The summed E-state index contributed by atoms with van der Waals surface area (Å²) in [6, 6.07) is -0.499. The maximum atomic E-state index is 12.5. The molecule has 1 fully saturated rings. The molecule has 0 saturated carbocycles. The van der Waals surface area contributed by atoms with Gasteiger partial charge in [-0.05, 0) is 61.3 Å². The van der Waals surface area contributed by atoms with Gasteiger partial charge in [0.25, 0.3) is 0 Å². The number of aliphatic carboxylic acids is 1. The normalized spacial score (nSPS) is 20.3. The number of carbonyl (C=O) groups excluding carboxylic acids is 2. The van der Waals surface area contributed by atoms with Gasteiger partial charge in [0.15, 0.2) is 0 Å². The predicted octanol–water partition coefficient (Wildman–Crippen LogP) is 3.14. The molecule has 0 aromatic carbocycles. The third kappa shape index (κ3) is 6.72. The van der Waals surface area contributed by atoms with Gasteiger partial charge in [0.05, 0.1) is 18.0 Å². The van der Waals surface area contributed by atoms with Gasteiger partial charge in [-0.2, -0.15) is 0 Å². The summed E-state index contributed by atoms with van der Waals surface area (Å²) < 4.78 is 10.7. The van der Waals surface area contributed by atoms with Crippen LogP contribution < -0.4 is 5.32 Å². The van der Waals surface area contributed by atoms with Gasteiger partial charge in [-0.25, -0.2) is 9.59 Å². The first-order valence-electron chi connectivity index (χ1n) is 8.85. The Kier molecular flexibility index (Phi) is 6.54. The molecule has 1 aliphatic heterocycles. The van der Waals surface area contributed by atoms with Crippen LogP contribution in [0, 0.1) is 0 Å². The van der Waals surface area contributed by atoms with Crippen molar-refractivity contribution in [3.05, 3.63) is 0 Å². The molecule has 2 amide bonds. The van der Waals surface area contributed by atoms with Gasteiger partial charge in [0, 0.05) is 6.54 Å². The lowest BCUT2D eigenvalue weighted by Crippen LogP contribution is -2.61. The topological polar surface area (TPSA) is 105 Å². The van der Waals surface area contributed by atoms with Crippen LogP contribution >= 0.6 is 0 Å². The zero-order valence-electron chi connectivity index (χ0n) is 16.8. The molecule has 1 aliphatic rings. The fourth-order valence-corrected chi connectivity index (χ4v) is 3.06. The molecule has 0 aliphatic carbocycles. The quantitative estimate of drug-likeness (QED) is 0.785. The summed E-state index contributed by atoms with van der Waals surface area (Å²) in [6.45, 7) is 12.6. The van der Waals surface area contributed by atoms with E-state index < -0.39 is 40.9 Å². The molecular formula is C18H32N2O6. The van der Waals surface area contributed by atoms with E-state index >= 15 is 0 Å². The average Bonchev–Trinajstić information content (AvgIpc) is 2.82. The van der Waals surface area contributed by atoms with Crippen molar-refractivity contribution in [3.8, 4) is 0 Å². The Bertz CT molecular complexity index is 549. The minimum Gasteiger partial charge on any atom is -0.481 e. The van der Waals surface area contributed by atoms with Crippen LogP contribution in [0.1, 0.15) is 67.7 Å². The van der Waals surface area contributed by atoms with Gasteiger partial charge >= 0.3 is 18.2 Å². The van der Waals surface area contributed by atoms with E-state index in [0.29, 0.717) is 19.4 Å². The van der Waals surface area contributed by atoms with E-state index in [2.05, 4.69) is 5.32 Å². The SMILES string of the molecule is CC(C)(C)OC(=O)NC(C)(CC(=O)O)C1CCCN1C(=O)OC(C)(C)C. The molecule has 2 atom stereocenters. The number of amides is 2. The Morgan fingerprint density at radius 2 is 1.58 bits per heavy atom. The highest BCUT2D eigenvalue weighted by Gasteiger charge is 2.46. The second kappa shape index (κ2) is 7.72. The molecule has 150 valence electrons. The van der Waals surface area contributed by atoms with Crippen molar-refractivity contribution >= 4 is 18.2 Å². The number of alkyl carbamates (subject to hydrolysis) is 1. The number of carbonyl (C=O) groups is 3. The van der Waals surface area contributed by atoms with Gasteiger partial charge in [-0.15, -0.1) is 0 Å². The van der Waals surface area contributed by atoms with Crippen LogP contribution in [0.2, 0.25) is 0 Å². The zero-order chi connectivity index (χ0) is 20.3. The van der Waals surface area contributed by atoms with Gasteiger partial charge in [0.1, 0.15) is 11.2 Å². The van der Waals surface area contributed by atoms with Crippen LogP contribution in [-0.4, -0.2) is 57.5 Å². The van der Waals surface area contributed by atoms with E-state index in [1.54, 1.807) is 48.5 Å². The Labute approximate surface area is 155 Å². The van der Waals surface area contributed by atoms with Crippen molar-refractivity contribution in [2.45, 2.75) is 90.5 Å². The number of carboxylic acids is 1. The van der Waals surface area contributed by atoms with E-state index in [4.69, 9.17) is 9.47 Å². The Morgan fingerprint density at radius 1 is 1.04 bits per heavy atom. The molecule has 8 heteroatoms. The minimum absolute atomic E-state index is 0.337. The van der Waals surface area contributed by atoms with Crippen LogP contribution in [0.3, 0.4) is 0 Å². The van der Waals surface area contributed by atoms with Crippen LogP contribution in [0.15, 0.2) is 0 Å². The second-order valence-electron chi connectivity index (χ2n) is 8.95. The van der Waals surface area contributed by atoms with Crippen molar-refractivity contribution in [1.29, 1.82) is 0 Å². The van der Waals surface area contributed by atoms with Gasteiger partial charge in [0.2, 0.25) is 0 Å². The van der Waals surface area contributed by atoms with Crippen molar-refractivity contribution in [2.24, 2.45) is 0 Å². The number of ether oxygens (including phenoxy) is 2. The minimum atomic E-state index is -1.18. The standard InChI is InChI=1S/C18H32N2O6/c1-16(2,3)25-14(23)19-18(7,11-13(21)22)12-9-8-10-20(12)15(24)26-17(4,5)6/h12H,8-11H2,1-7H3,(H,19,23)(H,21,22). The molecule has 1 heterocycles. The lowest BCUT2D eigenvalue weighted by atomic mass is 9.87. The fourth-order valence-electron chi connectivity index (χ4n) is 3.06. The third-order valence-corrected chi connectivity index (χ3v) is 3.92. The highest BCUT2D eigenvalue weighted by molar-refractivity contribution is 5.74. The molecule has 26 heavy (non-hydrogen) atoms. The van der Waals surface area contributed by atoms with Crippen molar-refractivity contribution in [1.82, 2.24) is 10.2 Å². The smallest absolute Gasteiger partial charge is 0.410 e. The predicted molar refractivity (Wildman–Crippen MR) is 96.0 cm³/mol. The van der Waals surface area contributed by atoms with Gasteiger partial charge in [-0.3, -0.25) is 4.79 Å².